The van der Waals surface area contributed by atoms with Gasteiger partial charge in [-0.2, -0.15) is 0 Å². The van der Waals surface area contributed by atoms with E-state index < -0.39 is 0 Å². The molecule has 0 aliphatic heterocycles. The maximum absolute atomic E-state index is 8.90. The summed E-state index contributed by atoms with van der Waals surface area (Å²) >= 11 is 0. The largest absolute Gasteiger partial charge is 0.569 e. The topological polar surface area (TPSA) is 29.5 Å². The zero-order valence-electron chi connectivity index (χ0n) is 16.7. The molecule has 31 heavy (non-hydrogen) atoms. The SMILES string of the molecule is O[B]Oc1ccc2cc(-c3cc4c5ccccc5ccc4c4ccccc34)ccc2c1. The molecule has 0 aromatic heterocycles. The molecule has 0 saturated heterocycles. The van der Waals surface area contributed by atoms with Crippen LogP contribution in [0.15, 0.2) is 103 Å². The summed E-state index contributed by atoms with van der Waals surface area (Å²) < 4.78 is 5.11. The van der Waals surface area contributed by atoms with E-state index in [2.05, 4.69) is 84.9 Å². The Kier molecular flexibility index (Phi) is 4.15. The summed E-state index contributed by atoms with van der Waals surface area (Å²) in [4.78, 5) is 0. The molecule has 0 bridgehead atoms. The van der Waals surface area contributed by atoms with Gasteiger partial charge in [0.25, 0.3) is 0 Å². The number of hydrogen-bond donors (Lipinski definition) is 1. The summed E-state index contributed by atoms with van der Waals surface area (Å²) in [6.45, 7) is 0. The van der Waals surface area contributed by atoms with Gasteiger partial charge in [-0.25, -0.2) is 0 Å². The van der Waals surface area contributed by atoms with Gasteiger partial charge in [0, 0.05) is 0 Å². The molecule has 3 heteroatoms. The van der Waals surface area contributed by atoms with Crippen molar-refractivity contribution in [2.45, 2.75) is 0 Å². The summed E-state index contributed by atoms with van der Waals surface area (Å²) in [6, 6.07) is 36.3. The van der Waals surface area contributed by atoms with Crippen molar-refractivity contribution in [3.63, 3.8) is 0 Å². The zero-order valence-corrected chi connectivity index (χ0v) is 16.7. The number of fused-ring (bicyclic) bond motifs is 6. The van der Waals surface area contributed by atoms with Crippen molar-refractivity contribution in [1.29, 1.82) is 0 Å². The van der Waals surface area contributed by atoms with E-state index in [9.17, 15) is 0 Å². The molecule has 145 valence electrons. The fourth-order valence-electron chi connectivity index (χ4n) is 4.63. The fraction of sp³-hybridized carbons (Fsp3) is 0. The van der Waals surface area contributed by atoms with Gasteiger partial charge in [-0.3, -0.25) is 0 Å². The Morgan fingerprint density at radius 1 is 0.516 bits per heavy atom. The van der Waals surface area contributed by atoms with E-state index in [4.69, 9.17) is 9.68 Å². The fourth-order valence-corrected chi connectivity index (χ4v) is 4.63. The smallest absolute Gasteiger partial charge is 0.537 e. The van der Waals surface area contributed by atoms with Crippen LogP contribution in [0.5, 0.6) is 5.75 Å². The van der Waals surface area contributed by atoms with Crippen molar-refractivity contribution in [3.05, 3.63) is 103 Å². The third kappa shape index (κ3) is 2.94. The van der Waals surface area contributed by atoms with Crippen LogP contribution in [0.2, 0.25) is 0 Å². The average molecular weight is 397 g/mol. The molecule has 0 saturated carbocycles. The van der Waals surface area contributed by atoms with Crippen LogP contribution >= 0.6 is 0 Å². The minimum absolute atomic E-state index is 0.616. The van der Waals surface area contributed by atoms with E-state index in [0.717, 1.165) is 10.8 Å². The van der Waals surface area contributed by atoms with Crippen molar-refractivity contribution in [2.24, 2.45) is 0 Å². The first-order valence-electron chi connectivity index (χ1n) is 10.3. The standard InChI is InChI=1S/C28H18BO2/c30-29-31-22-13-11-19-15-21(10-9-20(19)16-22)27-17-28-23-6-2-1-5-18(23)12-14-26(28)24-7-3-4-8-25(24)27/h1-17,30H. The molecule has 0 aliphatic carbocycles. The first-order valence-corrected chi connectivity index (χ1v) is 10.3. The van der Waals surface area contributed by atoms with E-state index in [1.165, 1.54) is 43.4 Å². The highest BCUT2D eigenvalue weighted by atomic mass is 16.5. The van der Waals surface area contributed by atoms with Gasteiger partial charge in [-0.1, -0.05) is 78.9 Å². The molecular formula is C28H18BO2. The maximum Gasteiger partial charge on any atom is 0.569 e. The van der Waals surface area contributed by atoms with Gasteiger partial charge in [0.15, 0.2) is 0 Å². The van der Waals surface area contributed by atoms with Crippen LogP contribution in [0.4, 0.5) is 0 Å². The summed E-state index contributed by atoms with van der Waals surface area (Å²) in [6.07, 6.45) is 0. The Hall–Kier alpha value is -3.82. The van der Waals surface area contributed by atoms with Crippen molar-refractivity contribution in [2.75, 3.05) is 0 Å². The monoisotopic (exact) mass is 397 g/mol. The summed E-state index contributed by atoms with van der Waals surface area (Å²) in [5.74, 6) is 0.616. The van der Waals surface area contributed by atoms with Gasteiger partial charge in [-0.05, 0) is 78.5 Å². The minimum atomic E-state index is 0.616. The highest BCUT2D eigenvalue weighted by Crippen LogP contribution is 2.38. The molecule has 6 aromatic carbocycles. The van der Waals surface area contributed by atoms with Crippen LogP contribution in [-0.2, 0) is 0 Å². The predicted molar refractivity (Wildman–Crippen MR) is 131 cm³/mol. The number of rotatable bonds is 3. The molecule has 0 amide bonds. The summed E-state index contributed by atoms with van der Waals surface area (Å²) in [5.41, 5.74) is 2.41. The van der Waals surface area contributed by atoms with Crippen LogP contribution in [0, 0.1) is 0 Å². The normalized spacial score (nSPS) is 11.4. The van der Waals surface area contributed by atoms with Gasteiger partial charge in [0.05, 0.1) is 0 Å². The molecule has 0 aliphatic rings. The molecule has 1 N–H and O–H groups in total. The quantitative estimate of drug-likeness (QED) is 0.261. The van der Waals surface area contributed by atoms with Crippen LogP contribution < -0.4 is 4.65 Å². The first-order chi connectivity index (χ1) is 15.3. The molecule has 0 fully saturated rings. The van der Waals surface area contributed by atoms with Crippen molar-refractivity contribution >= 4 is 50.8 Å². The van der Waals surface area contributed by atoms with Gasteiger partial charge in [0.2, 0.25) is 0 Å². The molecular weight excluding hydrogens is 379 g/mol. The highest BCUT2D eigenvalue weighted by molar-refractivity contribution is 6.21. The number of benzene rings is 6. The third-order valence-electron chi connectivity index (χ3n) is 6.08. The Morgan fingerprint density at radius 3 is 2.06 bits per heavy atom. The third-order valence-corrected chi connectivity index (χ3v) is 6.08. The molecule has 0 unspecified atom stereocenters. The first kappa shape index (κ1) is 18.0. The second-order valence-electron chi connectivity index (χ2n) is 7.80. The second kappa shape index (κ2) is 7.15. The lowest BCUT2D eigenvalue weighted by molar-refractivity contribution is 0.454. The zero-order chi connectivity index (χ0) is 20.8. The molecule has 0 heterocycles. The summed E-state index contributed by atoms with van der Waals surface area (Å²) in [7, 11) is 0.709. The van der Waals surface area contributed by atoms with Crippen LogP contribution in [-0.4, -0.2) is 12.7 Å². The molecule has 1 radical (unpaired) electrons. The van der Waals surface area contributed by atoms with Crippen LogP contribution in [0.1, 0.15) is 0 Å². The lowest BCUT2D eigenvalue weighted by Gasteiger charge is -2.14. The minimum Gasteiger partial charge on any atom is -0.537 e. The van der Waals surface area contributed by atoms with Crippen molar-refractivity contribution in [3.8, 4) is 16.9 Å². The average Bonchev–Trinajstić information content (AvgIpc) is 2.83. The molecule has 2 nitrogen and oxygen atoms in total. The number of hydrogen-bond acceptors (Lipinski definition) is 2. The Bertz CT molecular complexity index is 1600. The molecule has 0 atom stereocenters. The lowest BCUT2D eigenvalue weighted by atomic mass is 9.90. The van der Waals surface area contributed by atoms with Gasteiger partial charge in [-0.15, -0.1) is 0 Å². The maximum atomic E-state index is 8.90. The van der Waals surface area contributed by atoms with E-state index in [-0.39, 0.29) is 0 Å². The Balaban J connectivity index is 1.65. The van der Waals surface area contributed by atoms with Crippen LogP contribution in [0.25, 0.3) is 54.2 Å². The molecule has 6 aromatic rings. The van der Waals surface area contributed by atoms with E-state index in [1.54, 1.807) is 0 Å². The van der Waals surface area contributed by atoms with Crippen molar-refractivity contribution in [1.82, 2.24) is 0 Å². The Morgan fingerprint density at radius 2 is 1.19 bits per heavy atom. The predicted octanol–water partition coefficient (Wildman–Crippen LogP) is 6.87. The molecule has 0 spiro atoms. The van der Waals surface area contributed by atoms with E-state index >= 15 is 0 Å². The Labute approximate surface area is 180 Å². The van der Waals surface area contributed by atoms with Crippen molar-refractivity contribution < 1.29 is 9.68 Å². The van der Waals surface area contributed by atoms with E-state index in [0.29, 0.717) is 13.4 Å². The molecule has 6 rings (SSSR count). The lowest BCUT2D eigenvalue weighted by Crippen LogP contribution is -1.99. The van der Waals surface area contributed by atoms with Gasteiger partial charge < -0.3 is 9.68 Å². The highest BCUT2D eigenvalue weighted by Gasteiger charge is 2.11. The van der Waals surface area contributed by atoms with Crippen LogP contribution in [0.3, 0.4) is 0 Å². The van der Waals surface area contributed by atoms with Gasteiger partial charge in [0.1, 0.15) is 5.75 Å². The second-order valence-corrected chi connectivity index (χ2v) is 7.80. The van der Waals surface area contributed by atoms with Gasteiger partial charge >= 0.3 is 7.69 Å². The summed E-state index contributed by atoms with van der Waals surface area (Å²) in [5, 5.41) is 18.7. The van der Waals surface area contributed by atoms with E-state index in [1.807, 2.05) is 18.2 Å².